The molecule has 5 nitrogen and oxygen atoms in total. The second kappa shape index (κ2) is 7.83. The first kappa shape index (κ1) is 18.5. The van der Waals surface area contributed by atoms with Gasteiger partial charge in [0, 0.05) is 18.8 Å². The molecule has 0 aliphatic carbocycles. The number of likely N-dealkylation sites (N-methyl/N-ethyl adjacent to an activating group) is 1. The third kappa shape index (κ3) is 3.80. The summed E-state index contributed by atoms with van der Waals surface area (Å²) < 4.78 is 19.8. The lowest BCUT2D eigenvalue weighted by atomic mass is 9.95. The molecule has 134 valence electrons. The summed E-state index contributed by atoms with van der Waals surface area (Å²) in [5, 5.41) is 12.4. The molecule has 1 amide bonds. The summed E-state index contributed by atoms with van der Waals surface area (Å²) in [5.74, 6) is -0.283. The molecule has 6 heteroatoms. The van der Waals surface area contributed by atoms with E-state index in [4.69, 9.17) is 4.74 Å². The fourth-order valence-electron chi connectivity index (χ4n) is 3.19. The second-order valence-corrected chi connectivity index (χ2v) is 6.65. The van der Waals surface area contributed by atoms with Crippen molar-refractivity contribution in [1.82, 2.24) is 5.32 Å². The molecule has 1 heterocycles. The molecule has 0 saturated heterocycles. The highest BCUT2D eigenvalue weighted by Crippen LogP contribution is 2.33. The molecule has 2 N–H and O–H groups in total. The van der Waals surface area contributed by atoms with Crippen molar-refractivity contribution in [2.45, 2.75) is 45.7 Å². The third-order valence-corrected chi connectivity index (χ3v) is 4.33. The number of fused-ring (bicyclic) bond motifs is 1. The van der Waals surface area contributed by atoms with E-state index in [0.717, 1.165) is 17.7 Å². The first-order valence-corrected chi connectivity index (χ1v) is 8.48. The Labute approximate surface area is 142 Å². The van der Waals surface area contributed by atoms with Crippen molar-refractivity contribution in [3.05, 3.63) is 23.5 Å². The Bertz CT molecular complexity index is 592. The smallest absolute Gasteiger partial charge is 0.243 e. The van der Waals surface area contributed by atoms with Crippen LogP contribution in [0.4, 0.5) is 10.1 Å². The zero-order chi connectivity index (χ0) is 17.9. The Balaban J connectivity index is 2.50. The van der Waals surface area contributed by atoms with Gasteiger partial charge in [-0.3, -0.25) is 4.79 Å². The van der Waals surface area contributed by atoms with Crippen molar-refractivity contribution >= 4 is 11.6 Å². The number of carbonyl (C=O) groups is 1. The predicted octanol–water partition coefficient (Wildman–Crippen LogP) is 2.11. The van der Waals surface area contributed by atoms with Crippen LogP contribution in [0.5, 0.6) is 5.75 Å². The molecule has 1 aromatic rings. The number of benzene rings is 1. The molecule has 0 unspecified atom stereocenters. The van der Waals surface area contributed by atoms with Crippen LogP contribution in [0.2, 0.25) is 0 Å². The quantitative estimate of drug-likeness (QED) is 0.863. The number of aliphatic hydroxyl groups is 1. The minimum Gasteiger partial charge on any atom is -0.490 e. The van der Waals surface area contributed by atoms with Crippen LogP contribution in [-0.4, -0.2) is 43.4 Å². The molecular formula is C18H27FN2O3. The first-order chi connectivity index (χ1) is 11.4. The number of ether oxygens (including phenoxy) is 1. The van der Waals surface area contributed by atoms with E-state index in [0.29, 0.717) is 13.0 Å². The fraction of sp³-hybridized carbons (Fsp3) is 0.611. The van der Waals surface area contributed by atoms with Gasteiger partial charge in [0.25, 0.3) is 0 Å². The number of nitrogens with one attached hydrogen (secondary N) is 1. The highest BCUT2D eigenvalue weighted by Gasteiger charge is 2.33. The molecule has 0 radical (unpaired) electrons. The number of halogens is 1. The second-order valence-electron chi connectivity index (χ2n) is 6.65. The number of rotatable bonds is 5. The van der Waals surface area contributed by atoms with Crippen LogP contribution >= 0.6 is 0 Å². The van der Waals surface area contributed by atoms with Gasteiger partial charge in [-0.15, -0.1) is 0 Å². The molecule has 0 bridgehead atoms. The van der Waals surface area contributed by atoms with Gasteiger partial charge in [-0.05, 0) is 30.4 Å². The van der Waals surface area contributed by atoms with E-state index < -0.39 is 17.9 Å². The molecule has 1 aromatic carbocycles. The van der Waals surface area contributed by atoms with E-state index in [1.54, 1.807) is 6.07 Å². The minimum atomic E-state index is -0.423. The average Bonchev–Trinajstić information content (AvgIpc) is 2.51. The van der Waals surface area contributed by atoms with Gasteiger partial charge in [-0.1, -0.05) is 20.8 Å². The zero-order valence-corrected chi connectivity index (χ0v) is 14.8. The number of aliphatic hydroxyl groups excluding tert-OH is 1. The van der Waals surface area contributed by atoms with Gasteiger partial charge in [0.05, 0.1) is 19.3 Å². The maximum absolute atomic E-state index is 14.3. The van der Waals surface area contributed by atoms with E-state index in [-0.39, 0.29) is 24.2 Å². The summed E-state index contributed by atoms with van der Waals surface area (Å²) in [5.41, 5.74) is 1.53. The lowest BCUT2D eigenvalue weighted by molar-refractivity contribution is -0.124. The number of hydrogen-bond donors (Lipinski definition) is 2. The van der Waals surface area contributed by atoms with Crippen LogP contribution < -0.4 is 15.0 Å². The van der Waals surface area contributed by atoms with E-state index >= 15 is 0 Å². The predicted molar refractivity (Wildman–Crippen MR) is 91.9 cm³/mol. The maximum atomic E-state index is 14.3. The topological polar surface area (TPSA) is 61.8 Å². The van der Waals surface area contributed by atoms with E-state index in [9.17, 15) is 14.3 Å². The molecule has 1 aliphatic heterocycles. The summed E-state index contributed by atoms with van der Waals surface area (Å²) in [4.78, 5) is 14.4. The molecule has 24 heavy (non-hydrogen) atoms. The minimum absolute atomic E-state index is 0.0605. The zero-order valence-electron chi connectivity index (χ0n) is 14.8. The van der Waals surface area contributed by atoms with Gasteiger partial charge in [-0.2, -0.15) is 0 Å². The highest BCUT2D eigenvalue weighted by atomic mass is 19.1. The largest absolute Gasteiger partial charge is 0.490 e. The van der Waals surface area contributed by atoms with Crippen LogP contribution in [0.25, 0.3) is 0 Å². The monoisotopic (exact) mass is 338 g/mol. The molecule has 0 aromatic heterocycles. The maximum Gasteiger partial charge on any atom is 0.243 e. The average molecular weight is 338 g/mol. The molecule has 2 rings (SSSR count). The van der Waals surface area contributed by atoms with Gasteiger partial charge in [0.15, 0.2) is 11.6 Å². The van der Waals surface area contributed by atoms with Crippen molar-refractivity contribution in [2.24, 2.45) is 5.92 Å². The SMILES string of the molecule is CCCOc1cc2c(cc1F)C[C@H](CO)NC(=O)[C@@H](C(C)C)N2C. The number of hydrogen-bond acceptors (Lipinski definition) is 4. The Morgan fingerprint density at radius 3 is 2.75 bits per heavy atom. The molecule has 0 spiro atoms. The van der Waals surface area contributed by atoms with Gasteiger partial charge in [-0.25, -0.2) is 4.39 Å². The summed E-state index contributed by atoms with van der Waals surface area (Å²) in [6, 6.07) is 2.30. The molecule has 1 aliphatic rings. The lowest BCUT2D eigenvalue weighted by Gasteiger charge is -2.37. The molecular weight excluding hydrogens is 311 g/mol. The standard InChI is InChI=1S/C18H27FN2O3/c1-5-6-24-16-9-15-12(8-14(16)19)7-13(10-22)20-18(23)17(11(2)3)21(15)4/h8-9,11,13,17,22H,5-7,10H2,1-4H3,(H,20,23)/t13-,17-/m1/s1. The summed E-state index contributed by atoms with van der Waals surface area (Å²) in [6.45, 7) is 6.15. The molecule has 0 fully saturated rings. The van der Waals surface area contributed by atoms with Crippen LogP contribution in [0.1, 0.15) is 32.8 Å². The Morgan fingerprint density at radius 2 is 2.17 bits per heavy atom. The normalized spacial score (nSPS) is 21.1. The summed E-state index contributed by atoms with van der Waals surface area (Å²) in [6.07, 6.45) is 1.16. The van der Waals surface area contributed by atoms with Crippen molar-refractivity contribution < 1.29 is 19.0 Å². The number of nitrogens with zero attached hydrogens (tertiary/aromatic N) is 1. The Morgan fingerprint density at radius 1 is 1.46 bits per heavy atom. The van der Waals surface area contributed by atoms with Gasteiger partial charge in [0.1, 0.15) is 6.04 Å². The van der Waals surface area contributed by atoms with Crippen LogP contribution in [0.15, 0.2) is 12.1 Å². The summed E-state index contributed by atoms with van der Waals surface area (Å²) in [7, 11) is 1.84. The van der Waals surface area contributed by atoms with Crippen molar-refractivity contribution in [3.63, 3.8) is 0 Å². The van der Waals surface area contributed by atoms with Crippen LogP contribution in [-0.2, 0) is 11.2 Å². The molecule has 2 atom stereocenters. The Kier molecular flexibility index (Phi) is 6.04. The van der Waals surface area contributed by atoms with Crippen molar-refractivity contribution in [2.75, 3.05) is 25.2 Å². The summed E-state index contributed by atoms with van der Waals surface area (Å²) >= 11 is 0. The van der Waals surface area contributed by atoms with Crippen molar-refractivity contribution in [1.29, 1.82) is 0 Å². The molecule has 0 saturated carbocycles. The van der Waals surface area contributed by atoms with E-state index in [1.807, 2.05) is 32.7 Å². The van der Waals surface area contributed by atoms with Crippen LogP contribution in [0.3, 0.4) is 0 Å². The number of anilines is 1. The first-order valence-electron chi connectivity index (χ1n) is 8.48. The number of amides is 1. The highest BCUT2D eigenvalue weighted by molar-refractivity contribution is 5.86. The third-order valence-electron chi connectivity index (χ3n) is 4.33. The van der Waals surface area contributed by atoms with Crippen molar-refractivity contribution in [3.8, 4) is 5.75 Å². The van der Waals surface area contributed by atoms with Gasteiger partial charge in [0.2, 0.25) is 5.91 Å². The Hall–Kier alpha value is -1.82. The van der Waals surface area contributed by atoms with Gasteiger partial charge >= 0.3 is 0 Å². The lowest BCUT2D eigenvalue weighted by Crippen LogP contribution is -2.54. The number of carbonyl (C=O) groups excluding carboxylic acids is 1. The van der Waals surface area contributed by atoms with Gasteiger partial charge < -0.3 is 20.1 Å². The fourth-order valence-corrected chi connectivity index (χ4v) is 3.19. The van der Waals surface area contributed by atoms with Crippen LogP contribution in [0, 0.1) is 11.7 Å². The van der Waals surface area contributed by atoms with E-state index in [2.05, 4.69) is 5.32 Å². The van der Waals surface area contributed by atoms with E-state index in [1.165, 1.54) is 6.07 Å².